The Morgan fingerprint density at radius 3 is 3.00 bits per heavy atom. The number of nitrogens with one attached hydrogen (secondary N) is 1. The van der Waals surface area contributed by atoms with Gasteiger partial charge < -0.3 is 10.4 Å². The Balaban J connectivity index is 2.07. The SMILES string of the molecule is CCC1CCCC(Nc2snc(C)c2C(=O)O)C1. The standard InChI is InChI=1S/C13H20N2O2S/c1-3-9-5-4-6-10(7-9)14-12-11(13(16)17)8(2)15-18-12/h9-10,14H,3-7H2,1-2H3,(H,16,17). The number of carboxylic acids is 1. The van der Waals surface area contributed by atoms with Crippen molar-refractivity contribution in [2.24, 2.45) is 5.92 Å². The maximum atomic E-state index is 11.2. The lowest BCUT2D eigenvalue weighted by molar-refractivity contribution is 0.0697. The second kappa shape index (κ2) is 5.69. The van der Waals surface area contributed by atoms with Gasteiger partial charge in [0.05, 0.1) is 5.69 Å². The number of nitrogens with zero attached hydrogens (tertiary/aromatic N) is 1. The van der Waals surface area contributed by atoms with Gasteiger partial charge in [0.25, 0.3) is 0 Å². The minimum Gasteiger partial charge on any atom is -0.478 e. The lowest BCUT2D eigenvalue weighted by Crippen LogP contribution is -2.27. The highest BCUT2D eigenvalue weighted by molar-refractivity contribution is 7.10. The zero-order valence-electron chi connectivity index (χ0n) is 10.9. The molecule has 1 aliphatic rings. The third-order valence-corrected chi connectivity index (χ3v) is 4.64. The first-order valence-corrected chi connectivity index (χ1v) is 7.35. The third-order valence-electron chi connectivity index (χ3n) is 3.77. The first-order chi connectivity index (χ1) is 8.61. The van der Waals surface area contributed by atoms with E-state index in [1.807, 2.05) is 0 Å². The molecule has 1 aromatic rings. The van der Waals surface area contributed by atoms with Crippen molar-refractivity contribution in [3.8, 4) is 0 Å². The Hall–Kier alpha value is -1.10. The molecule has 1 saturated carbocycles. The molecular weight excluding hydrogens is 248 g/mol. The van der Waals surface area contributed by atoms with Gasteiger partial charge in [0.2, 0.25) is 0 Å². The highest BCUT2D eigenvalue weighted by Crippen LogP contribution is 2.31. The van der Waals surface area contributed by atoms with Gasteiger partial charge in [0.15, 0.2) is 0 Å². The number of aromatic carboxylic acids is 1. The lowest BCUT2D eigenvalue weighted by atomic mass is 9.84. The average molecular weight is 268 g/mol. The number of anilines is 1. The second-order valence-electron chi connectivity index (χ2n) is 5.06. The van der Waals surface area contributed by atoms with Crippen LogP contribution in [-0.4, -0.2) is 21.5 Å². The predicted octanol–water partition coefficient (Wildman–Crippen LogP) is 3.53. The van der Waals surface area contributed by atoms with Gasteiger partial charge in [-0.05, 0) is 37.2 Å². The van der Waals surface area contributed by atoms with Crippen LogP contribution in [0.4, 0.5) is 5.00 Å². The smallest absolute Gasteiger partial charge is 0.340 e. The van der Waals surface area contributed by atoms with E-state index < -0.39 is 5.97 Å². The molecule has 0 saturated heterocycles. The molecule has 0 radical (unpaired) electrons. The van der Waals surface area contributed by atoms with Crippen LogP contribution in [0.25, 0.3) is 0 Å². The monoisotopic (exact) mass is 268 g/mol. The van der Waals surface area contributed by atoms with E-state index in [9.17, 15) is 9.90 Å². The number of aromatic nitrogens is 1. The minimum absolute atomic E-state index is 0.346. The minimum atomic E-state index is -0.883. The number of rotatable bonds is 4. The molecule has 1 aromatic heterocycles. The van der Waals surface area contributed by atoms with Crippen LogP contribution in [0.2, 0.25) is 0 Å². The first kappa shape index (κ1) is 13.3. The average Bonchev–Trinajstić information content (AvgIpc) is 2.70. The molecule has 1 heterocycles. The van der Waals surface area contributed by atoms with Gasteiger partial charge in [-0.2, -0.15) is 4.37 Å². The molecule has 1 fully saturated rings. The van der Waals surface area contributed by atoms with Gasteiger partial charge in [-0.25, -0.2) is 4.79 Å². The van der Waals surface area contributed by atoms with Crippen LogP contribution in [-0.2, 0) is 0 Å². The summed E-state index contributed by atoms with van der Waals surface area (Å²) >= 11 is 1.27. The maximum absolute atomic E-state index is 11.2. The molecule has 18 heavy (non-hydrogen) atoms. The largest absolute Gasteiger partial charge is 0.478 e. The van der Waals surface area contributed by atoms with Crippen molar-refractivity contribution in [2.45, 2.75) is 52.0 Å². The van der Waals surface area contributed by atoms with Crippen LogP contribution >= 0.6 is 11.5 Å². The molecule has 0 bridgehead atoms. The van der Waals surface area contributed by atoms with Gasteiger partial charge in [0.1, 0.15) is 10.6 Å². The number of carbonyl (C=O) groups is 1. The summed E-state index contributed by atoms with van der Waals surface area (Å²) in [5, 5.41) is 13.3. The molecule has 2 N–H and O–H groups in total. The molecule has 0 amide bonds. The molecule has 1 aliphatic carbocycles. The van der Waals surface area contributed by atoms with Gasteiger partial charge in [-0.15, -0.1) is 0 Å². The van der Waals surface area contributed by atoms with Crippen LogP contribution in [0.5, 0.6) is 0 Å². The Morgan fingerprint density at radius 2 is 2.33 bits per heavy atom. The fraction of sp³-hybridized carbons (Fsp3) is 0.692. The van der Waals surface area contributed by atoms with E-state index >= 15 is 0 Å². The molecule has 0 aromatic carbocycles. The maximum Gasteiger partial charge on any atom is 0.340 e. The van der Waals surface area contributed by atoms with Crippen molar-refractivity contribution < 1.29 is 9.90 Å². The molecular formula is C13H20N2O2S. The molecule has 2 rings (SSSR count). The summed E-state index contributed by atoms with van der Waals surface area (Å²) in [4.78, 5) is 11.2. The first-order valence-electron chi connectivity index (χ1n) is 6.58. The quantitative estimate of drug-likeness (QED) is 0.877. The molecule has 4 nitrogen and oxygen atoms in total. The van der Waals surface area contributed by atoms with Crippen molar-refractivity contribution >= 4 is 22.5 Å². The topological polar surface area (TPSA) is 62.2 Å². The van der Waals surface area contributed by atoms with Crippen molar-refractivity contribution in [2.75, 3.05) is 5.32 Å². The van der Waals surface area contributed by atoms with E-state index in [4.69, 9.17) is 0 Å². The van der Waals surface area contributed by atoms with Crippen LogP contribution in [0.3, 0.4) is 0 Å². The lowest BCUT2D eigenvalue weighted by Gasteiger charge is -2.29. The Morgan fingerprint density at radius 1 is 1.56 bits per heavy atom. The van der Waals surface area contributed by atoms with Crippen LogP contribution in [0, 0.1) is 12.8 Å². The van der Waals surface area contributed by atoms with Gasteiger partial charge >= 0.3 is 5.97 Å². The summed E-state index contributed by atoms with van der Waals surface area (Å²) in [6.45, 7) is 3.98. The van der Waals surface area contributed by atoms with Crippen molar-refractivity contribution in [1.29, 1.82) is 0 Å². The number of carboxylic acid groups (broad SMARTS) is 1. The Labute approximate surface area is 112 Å². The van der Waals surface area contributed by atoms with Crippen molar-refractivity contribution in [3.05, 3.63) is 11.3 Å². The highest BCUT2D eigenvalue weighted by Gasteiger charge is 2.24. The van der Waals surface area contributed by atoms with Crippen LogP contribution < -0.4 is 5.32 Å². The van der Waals surface area contributed by atoms with E-state index in [1.54, 1.807) is 6.92 Å². The zero-order valence-corrected chi connectivity index (χ0v) is 11.7. The summed E-state index contributed by atoms with van der Waals surface area (Å²) in [5.41, 5.74) is 0.955. The fourth-order valence-corrected chi connectivity index (χ4v) is 3.56. The van der Waals surface area contributed by atoms with Gasteiger partial charge in [-0.3, -0.25) is 0 Å². The highest BCUT2D eigenvalue weighted by atomic mass is 32.1. The summed E-state index contributed by atoms with van der Waals surface area (Å²) in [7, 11) is 0. The molecule has 0 aliphatic heterocycles. The third kappa shape index (κ3) is 2.83. The van der Waals surface area contributed by atoms with Crippen LogP contribution in [0.15, 0.2) is 0 Å². The summed E-state index contributed by atoms with van der Waals surface area (Å²) in [6.07, 6.45) is 6.03. The van der Waals surface area contributed by atoms with E-state index in [-0.39, 0.29) is 0 Å². The van der Waals surface area contributed by atoms with E-state index in [1.165, 1.54) is 30.8 Å². The Bertz CT molecular complexity index is 431. The number of hydrogen-bond donors (Lipinski definition) is 2. The predicted molar refractivity (Wildman–Crippen MR) is 73.5 cm³/mol. The zero-order chi connectivity index (χ0) is 13.1. The van der Waals surface area contributed by atoms with Crippen LogP contribution in [0.1, 0.15) is 55.1 Å². The second-order valence-corrected chi connectivity index (χ2v) is 5.83. The molecule has 5 heteroatoms. The van der Waals surface area contributed by atoms with E-state index in [2.05, 4.69) is 16.6 Å². The van der Waals surface area contributed by atoms with Crippen molar-refractivity contribution in [3.63, 3.8) is 0 Å². The van der Waals surface area contributed by atoms with E-state index in [0.29, 0.717) is 17.3 Å². The summed E-state index contributed by atoms with van der Waals surface area (Å²) in [6, 6.07) is 0.404. The van der Waals surface area contributed by atoms with Crippen molar-refractivity contribution in [1.82, 2.24) is 4.37 Å². The summed E-state index contributed by atoms with van der Waals surface area (Å²) < 4.78 is 4.14. The molecule has 2 atom stereocenters. The van der Waals surface area contributed by atoms with E-state index in [0.717, 1.165) is 23.8 Å². The molecule has 0 spiro atoms. The number of hydrogen-bond acceptors (Lipinski definition) is 4. The van der Waals surface area contributed by atoms with Gasteiger partial charge in [0, 0.05) is 6.04 Å². The number of aryl methyl sites for hydroxylation is 1. The molecule has 100 valence electrons. The molecule has 2 unspecified atom stereocenters. The Kier molecular flexibility index (Phi) is 4.22. The summed E-state index contributed by atoms with van der Waals surface area (Å²) in [5.74, 6) is -0.106. The fourth-order valence-electron chi connectivity index (χ4n) is 2.70. The van der Waals surface area contributed by atoms with Gasteiger partial charge in [-0.1, -0.05) is 26.2 Å². The normalized spacial score (nSPS) is 23.9.